The van der Waals surface area contributed by atoms with Crippen molar-refractivity contribution < 1.29 is 82.2 Å². The maximum absolute atomic E-state index is 15.3. The van der Waals surface area contributed by atoms with Crippen LogP contribution in [0.1, 0.15) is 137 Å². The van der Waals surface area contributed by atoms with E-state index in [0.717, 1.165) is 38.8 Å². The number of benzene rings is 1. The number of ether oxygens (including phenoxy) is 8. The molecule has 0 radical (unpaired) electrons. The minimum Gasteiger partial charge on any atom is -0.492 e. The number of pyridine rings is 1. The van der Waals surface area contributed by atoms with Crippen molar-refractivity contribution in [1.82, 2.24) is 14.8 Å². The minimum atomic E-state index is -1.96. The molecule has 5 saturated heterocycles. The quantitative estimate of drug-likeness (QED) is 0.156. The summed E-state index contributed by atoms with van der Waals surface area (Å²) in [6.45, 7) is 19.4. The van der Waals surface area contributed by atoms with Crippen LogP contribution in [-0.2, 0) is 42.7 Å². The molecule has 8 rings (SSSR count). The molecular weight excluding hydrogens is 1060 g/mol. The van der Waals surface area contributed by atoms with Gasteiger partial charge in [-0.05, 0) is 119 Å². The number of anilines is 1. The van der Waals surface area contributed by atoms with Gasteiger partial charge < -0.3 is 83.1 Å². The number of fused-ring (bicyclic) bond motifs is 2. The standard InChI is InChI=1S/C38H69NO13.C21H24FN3O4/c1-15-26-38(10,45)31(42)21(4)28(40)19(2)17-37(9,47-14)33(52-35-29(41)25(39(11)12)16-20(3)48-35)22(5)30(23(6)34(44)50-26)51-27-18-36(8,46-13)32(43)24(7)49-27;1-29-20-17-13(19(26)14(21(27)28)9-25(17)12-4-5-12)7-15(22)18(20)24-8-11-3-2-6-23-16(11)10-24/h19-27,29-33,35,41-43,45H,15-18H2,1-14H3;7,9,11-12,16,23H,2-6,8,10H2,1H3,(H,27,28)/t19-,20-,21+,22+,23-,24+,25+,26-,27+,29-,30+,31-,32+,33-,35+,36-,37-,38-;11-,16+/m10/s1. The van der Waals surface area contributed by atoms with Crippen LogP contribution < -0.4 is 20.4 Å². The van der Waals surface area contributed by atoms with Gasteiger partial charge in [0.2, 0.25) is 5.43 Å². The minimum absolute atomic E-state index is 0.0599. The number of esters is 1. The second-order valence-corrected chi connectivity index (χ2v) is 25.0. The van der Waals surface area contributed by atoms with Crippen LogP contribution in [0.4, 0.5) is 10.1 Å². The van der Waals surface area contributed by atoms with Crippen molar-refractivity contribution in [2.45, 2.75) is 217 Å². The number of nitrogens with zero attached hydrogens (tertiary/aromatic N) is 3. The molecule has 0 unspecified atom stereocenters. The Bertz CT molecular complexity index is 2590. The molecule has 2 aromatic rings. The Morgan fingerprint density at radius 1 is 0.901 bits per heavy atom. The first-order chi connectivity index (χ1) is 38.0. The first-order valence-corrected chi connectivity index (χ1v) is 29.0. The Kier molecular flexibility index (Phi) is 20.5. The van der Waals surface area contributed by atoms with E-state index in [1.807, 2.05) is 37.7 Å². The highest BCUT2D eigenvalue weighted by Gasteiger charge is 2.54. The predicted octanol–water partition coefficient (Wildman–Crippen LogP) is 4.81. The number of Topliss-reactive ketones (excluding diaryl/α,β-unsaturated/α-hetero) is 1. The highest BCUT2D eigenvalue weighted by molar-refractivity contribution is 5.97. The summed E-state index contributed by atoms with van der Waals surface area (Å²) in [6.07, 6.45) is -3.33. The SMILES string of the molecule is CC[C@H]1OC(=O)[C@H](C)[C@@H](O[C@H]2C[C@@](C)(OC)[C@@H](O)[C@H](C)O2)[C@H](C)[C@@H](O[C@@H]2O[C@H](C)C[C@H](N(C)C)[C@H]2O)[C@](C)(OC)C[C@@H](C)C(=O)[C@H](C)[C@@H](O)[C@]1(C)O.COc1c(N2C[C@@H]3CCCN[C@@H]3C2)c(F)cc2c(=O)c(C(=O)O)cn(C3CC3)c12. The number of aliphatic hydroxyl groups is 4. The molecule has 81 heavy (non-hydrogen) atoms. The summed E-state index contributed by atoms with van der Waals surface area (Å²) >= 11 is 0. The van der Waals surface area contributed by atoms with Crippen LogP contribution in [0.15, 0.2) is 17.1 Å². The Morgan fingerprint density at radius 3 is 2.15 bits per heavy atom. The topological polar surface area (TPSA) is 267 Å². The van der Waals surface area contributed by atoms with E-state index in [0.29, 0.717) is 41.9 Å². The monoisotopic (exact) mass is 1150 g/mol. The number of hydrogen-bond donors (Lipinski definition) is 6. The molecule has 0 amide bonds. The van der Waals surface area contributed by atoms with E-state index >= 15 is 4.39 Å². The van der Waals surface area contributed by atoms with Crippen LogP contribution in [-0.4, -0.2) is 198 Å². The highest BCUT2D eigenvalue weighted by atomic mass is 19.1. The molecule has 6 N–H and O–H groups in total. The molecule has 6 fully saturated rings. The molecule has 20 atom stereocenters. The molecule has 0 spiro atoms. The van der Waals surface area contributed by atoms with Gasteiger partial charge in [-0.2, -0.15) is 0 Å². The van der Waals surface area contributed by atoms with Gasteiger partial charge in [0.25, 0.3) is 0 Å². The molecular formula is C59H93FN4O17. The molecule has 6 aliphatic rings. The Morgan fingerprint density at radius 2 is 1.57 bits per heavy atom. The van der Waals surface area contributed by atoms with E-state index in [4.69, 9.17) is 37.9 Å². The van der Waals surface area contributed by atoms with Crippen molar-refractivity contribution in [3.63, 3.8) is 0 Å². The maximum atomic E-state index is 15.3. The number of aromatic nitrogens is 1. The number of hydrogen-bond acceptors (Lipinski definition) is 19. The number of halogens is 1. The fourth-order valence-corrected chi connectivity index (χ4v) is 13.5. The predicted molar refractivity (Wildman–Crippen MR) is 298 cm³/mol. The number of nitrogens with one attached hydrogen (secondary N) is 1. The summed E-state index contributed by atoms with van der Waals surface area (Å²) in [5.41, 5.74) is -4.40. The number of piperidine rings is 1. The number of carboxylic acid groups (broad SMARTS) is 1. The Hall–Kier alpha value is -3.91. The number of aliphatic hydroxyl groups excluding tert-OH is 3. The molecule has 1 aromatic heterocycles. The molecule has 1 aromatic carbocycles. The summed E-state index contributed by atoms with van der Waals surface area (Å²) in [7, 11) is 8.24. The van der Waals surface area contributed by atoms with Gasteiger partial charge in [0.05, 0.1) is 65.7 Å². The lowest BCUT2D eigenvalue weighted by molar-refractivity contribution is -0.319. The largest absolute Gasteiger partial charge is 0.492 e. The van der Waals surface area contributed by atoms with Gasteiger partial charge in [-0.1, -0.05) is 27.7 Å². The van der Waals surface area contributed by atoms with E-state index in [2.05, 4.69) is 5.32 Å². The van der Waals surface area contributed by atoms with Gasteiger partial charge in [0.1, 0.15) is 40.9 Å². The number of rotatable bonds is 12. The van der Waals surface area contributed by atoms with Crippen LogP contribution in [0.3, 0.4) is 0 Å². The van der Waals surface area contributed by atoms with Crippen molar-refractivity contribution in [3.8, 4) is 5.75 Å². The van der Waals surface area contributed by atoms with Gasteiger partial charge in [0.15, 0.2) is 24.1 Å². The molecule has 1 saturated carbocycles. The molecule has 0 bridgehead atoms. The second kappa shape index (κ2) is 25.7. The Labute approximate surface area is 476 Å². The van der Waals surface area contributed by atoms with Crippen LogP contribution in [0.2, 0.25) is 0 Å². The zero-order chi connectivity index (χ0) is 60.0. The third-order valence-corrected chi connectivity index (χ3v) is 18.8. The fraction of sp³-hybridized carbons (Fsp3) is 0.797. The van der Waals surface area contributed by atoms with Gasteiger partial charge >= 0.3 is 11.9 Å². The van der Waals surface area contributed by atoms with Gasteiger partial charge in [-0.25, -0.2) is 9.18 Å². The zero-order valence-electron chi connectivity index (χ0n) is 50.2. The number of cyclic esters (lactones) is 1. The highest BCUT2D eigenvalue weighted by Crippen LogP contribution is 2.46. The van der Waals surface area contributed by atoms with Gasteiger partial charge in [0, 0.05) is 75.8 Å². The summed E-state index contributed by atoms with van der Waals surface area (Å²) in [5, 5.41) is 58.6. The van der Waals surface area contributed by atoms with Crippen molar-refractivity contribution in [2.24, 2.45) is 29.6 Å². The van der Waals surface area contributed by atoms with Gasteiger partial charge in [-0.15, -0.1) is 0 Å². The fourth-order valence-electron chi connectivity index (χ4n) is 13.5. The Balaban J connectivity index is 0.000000272. The first-order valence-electron chi connectivity index (χ1n) is 29.0. The van der Waals surface area contributed by atoms with Crippen molar-refractivity contribution >= 4 is 34.3 Å². The summed E-state index contributed by atoms with van der Waals surface area (Å²) < 4.78 is 66.7. The van der Waals surface area contributed by atoms with Crippen LogP contribution >= 0.6 is 0 Å². The zero-order valence-corrected chi connectivity index (χ0v) is 50.2. The number of aromatic carboxylic acids is 1. The molecule has 458 valence electrons. The molecule has 22 heteroatoms. The number of likely N-dealkylation sites (N-methyl/N-ethyl adjacent to an activating group) is 1. The third kappa shape index (κ3) is 13.2. The van der Waals surface area contributed by atoms with Crippen LogP contribution in [0, 0.1) is 35.4 Å². The van der Waals surface area contributed by atoms with E-state index in [1.165, 1.54) is 40.5 Å². The summed E-state index contributed by atoms with van der Waals surface area (Å²) in [5.74, 6) is -5.54. The first kappa shape index (κ1) is 64.6. The lowest BCUT2D eigenvalue weighted by Gasteiger charge is -2.50. The average molecular weight is 1150 g/mol. The summed E-state index contributed by atoms with van der Waals surface area (Å²) in [6, 6.07) is 1.33. The lowest BCUT2D eigenvalue weighted by Crippen LogP contribution is -2.61. The average Bonchev–Trinajstić information content (AvgIpc) is 4.30. The van der Waals surface area contributed by atoms with E-state index < -0.39 is 119 Å². The lowest BCUT2D eigenvalue weighted by atomic mass is 9.74. The van der Waals surface area contributed by atoms with Crippen molar-refractivity contribution in [2.75, 3.05) is 60.0 Å². The normalized spacial score (nSPS) is 40.1. The van der Waals surface area contributed by atoms with E-state index in [9.17, 15) is 44.7 Å². The second-order valence-electron chi connectivity index (χ2n) is 25.0. The number of methoxy groups -OCH3 is 3. The van der Waals surface area contributed by atoms with Crippen LogP contribution in [0.5, 0.6) is 5.75 Å². The van der Waals surface area contributed by atoms with Crippen molar-refractivity contribution in [3.05, 3.63) is 33.9 Å². The molecule has 1 aliphatic carbocycles. The number of carboxylic acids is 1. The summed E-state index contributed by atoms with van der Waals surface area (Å²) in [4.78, 5) is 56.4. The number of carbonyl (C=O) groups is 3. The maximum Gasteiger partial charge on any atom is 0.341 e. The smallest absolute Gasteiger partial charge is 0.341 e. The van der Waals surface area contributed by atoms with E-state index in [-0.39, 0.29) is 54.2 Å². The third-order valence-electron chi connectivity index (χ3n) is 18.8. The molecule has 5 aliphatic heterocycles. The molecule has 21 nitrogen and oxygen atoms in total. The van der Waals surface area contributed by atoms with E-state index in [1.54, 1.807) is 53.0 Å². The number of carbonyl (C=O) groups excluding carboxylic acids is 2. The number of ketones is 1. The van der Waals surface area contributed by atoms with Crippen LogP contribution in [0.25, 0.3) is 10.9 Å². The van der Waals surface area contributed by atoms with Crippen molar-refractivity contribution in [1.29, 1.82) is 0 Å². The van der Waals surface area contributed by atoms with Gasteiger partial charge in [-0.3, -0.25) is 14.4 Å². The molecule has 6 heterocycles.